The number of likely N-dealkylation sites (tertiary alicyclic amines) is 1. The van der Waals surface area contributed by atoms with Crippen molar-refractivity contribution in [3.8, 4) is 0 Å². The first kappa shape index (κ1) is 14.4. The van der Waals surface area contributed by atoms with E-state index in [9.17, 15) is 0 Å². The maximum absolute atomic E-state index is 4.57. The number of aryl methyl sites for hydroxylation is 2. The van der Waals surface area contributed by atoms with Crippen LogP contribution in [0.15, 0.2) is 6.20 Å². The van der Waals surface area contributed by atoms with Crippen molar-refractivity contribution in [1.82, 2.24) is 14.5 Å². The van der Waals surface area contributed by atoms with Gasteiger partial charge in [-0.2, -0.15) is 0 Å². The molecule has 108 valence electrons. The van der Waals surface area contributed by atoms with Crippen molar-refractivity contribution >= 4 is 5.95 Å². The second-order valence-corrected chi connectivity index (χ2v) is 5.86. The van der Waals surface area contributed by atoms with Crippen LogP contribution in [-0.4, -0.2) is 41.1 Å². The molecule has 4 nitrogen and oxygen atoms in total. The Kier molecular flexibility index (Phi) is 5.25. The highest BCUT2D eigenvalue weighted by Gasteiger charge is 2.17. The first-order valence-electron chi connectivity index (χ1n) is 7.65. The van der Waals surface area contributed by atoms with E-state index in [2.05, 4.69) is 46.9 Å². The second-order valence-electron chi connectivity index (χ2n) is 5.86. The number of anilines is 1. The van der Waals surface area contributed by atoms with Crippen LogP contribution in [0.25, 0.3) is 0 Å². The quantitative estimate of drug-likeness (QED) is 0.857. The fraction of sp³-hybridized carbons (Fsp3) is 0.800. The second kappa shape index (κ2) is 6.94. The molecular weight excluding hydrogens is 236 g/mol. The fourth-order valence-electron chi connectivity index (χ4n) is 2.77. The summed E-state index contributed by atoms with van der Waals surface area (Å²) >= 11 is 0. The molecule has 1 aliphatic heterocycles. The molecule has 2 heterocycles. The Morgan fingerprint density at radius 1 is 1.37 bits per heavy atom. The third-order valence-electron chi connectivity index (χ3n) is 4.05. The minimum Gasteiger partial charge on any atom is -0.356 e. The van der Waals surface area contributed by atoms with Crippen molar-refractivity contribution in [2.75, 3.05) is 32.0 Å². The summed E-state index contributed by atoms with van der Waals surface area (Å²) in [5, 5.41) is 3.42. The summed E-state index contributed by atoms with van der Waals surface area (Å²) in [6.45, 7) is 8.88. The van der Waals surface area contributed by atoms with Crippen molar-refractivity contribution < 1.29 is 0 Å². The Balaban J connectivity index is 1.84. The summed E-state index contributed by atoms with van der Waals surface area (Å²) in [5.74, 6) is 1.94. The molecule has 0 atom stereocenters. The predicted molar refractivity (Wildman–Crippen MR) is 80.6 cm³/mol. The van der Waals surface area contributed by atoms with E-state index >= 15 is 0 Å². The Bertz CT molecular complexity index is 377. The number of aromatic nitrogens is 2. The number of nitrogens with one attached hydrogen (secondary N) is 1. The van der Waals surface area contributed by atoms with Gasteiger partial charge in [-0.25, -0.2) is 4.98 Å². The lowest BCUT2D eigenvalue weighted by molar-refractivity contribution is 0.208. The van der Waals surface area contributed by atoms with Gasteiger partial charge >= 0.3 is 0 Å². The summed E-state index contributed by atoms with van der Waals surface area (Å²) in [6, 6.07) is 0. The maximum atomic E-state index is 4.57. The van der Waals surface area contributed by atoms with Gasteiger partial charge in [-0.15, -0.1) is 0 Å². The van der Waals surface area contributed by atoms with Gasteiger partial charge in [0.05, 0.1) is 5.69 Å². The van der Waals surface area contributed by atoms with E-state index in [1.165, 1.54) is 32.4 Å². The average molecular weight is 264 g/mol. The summed E-state index contributed by atoms with van der Waals surface area (Å²) in [6.07, 6.45) is 7.29. The smallest absolute Gasteiger partial charge is 0.203 e. The minimum absolute atomic E-state index is 0.887. The lowest BCUT2D eigenvalue weighted by Gasteiger charge is -2.29. The molecule has 1 saturated heterocycles. The minimum atomic E-state index is 0.887. The predicted octanol–water partition coefficient (Wildman–Crippen LogP) is 2.75. The van der Waals surface area contributed by atoms with Crippen LogP contribution in [0.5, 0.6) is 0 Å². The lowest BCUT2D eigenvalue weighted by atomic mass is 9.94. The molecule has 0 aromatic carbocycles. The number of hydrogen-bond acceptors (Lipinski definition) is 3. The van der Waals surface area contributed by atoms with Gasteiger partial charge in [-0.1, -0.05) is 6.92 Å². The van der Waals surface area contributed by atoms with Crippen molar-refractivity contribution in [1.29, 1.82) is 0 Å². The molecule has 4 heteroatoms. The van der Waals surface area contributed by atoms with Gasteiger partial charge in [0.2, 0.25) is 5.95 Å². The topological polar surface area (TPSA) is 33.1 Å². The highest BCUT2D eigenvalue weighted by Crippen LogP contribution is 2.21. The van der Waals surface area contributed by atoms with Gasteiger partial charge in [0.25, 0.3) is 0 Å². The Hall–Kier alpha value is -1.03. The highest BCUT2D eigenvalue weighted by molar-refractivity contribution is 5.28. The van der Waals surface area contributed by atoms with Crippen LogP contribution in [0.2, 0.25) is 0 Å². The summed E-state index contributed by atoms with van der Waals surface area (Å²) < 4.78 is 2.29. The summed E-state index contributed by atoms with van der Waals surface area (Å²) in [4.78, 5) is 7.00. The normalized spacial score (nSPS) is 17.8. The van der Waals surface area contributed by atoms with Crippen molar-refractivity contribution in [3.05, 3.63) is 11.9 Å². The van der Waals surface area contributed by atoms with E-state index < -0.39 is 0 Å². The first-order chi connectivity index (χ1) is 9.19. The molecule has 0 saturated carbocycles. The SMILES string of the molecule is CCCNc1nc(C)cn1CCC1CCN(C)CC1. The van der Waals surface area contributed by atoms with Crippen molar-refractivity contribution in [3.63, 3.8) is 0 Å². The first-order valence-corrected chi connectivity index (χ1v) is 7.65. The molecule has 1 aliphatic rings. The fourth-order valence-corrected chi connectivity index (χ4v) is 2.77. The largest absolute Gasteiger partial charge is 0.356 e. The van der Waals surface area contributed by atoms with Crippen molar-refractivity contribution in [2.45, 2.75) is 46.1 Å². The van der Waals surface area contributed by atoms with E-state index in [4.69, 9.17) is 0 Å². The molecular formula is C15H28N4. The number of rotatable bonds is 6. The van der Waals surface area contributed by atoms with Crippen LogP contribution >= 0.6 is 0 Å². The molecule has 0 radical (unpaired) electrons. The van der Waals surface area contributed by atoms with Crippen LogP contribution in [0.1, 0.15) is 38.3 Å². The van der Waals surface area contributed by atoms with E-state index in [0.29, 0.717) is 0 Å². The zero-order valence-electron chi connectivity index (χ0n) is 12.7. The zero-order valence-corrected chi connectivity index (χ0v) is 12.7. The number of piperidine rings is 1. The van der Waals surface area contributed by atoms with E-state index in [1.54, 1.807) is 0 Å². The average Bonchev–Trinajstić information content (AvgIpc) is 2.76. The molecule has 0 unspecified atom stereocenters. The van der Waals surface area contributed by atoms with Gasteiger partial charge < -0.3 is 14.8 Å². The van der Waals surface area contributed by atoms with Crippen LogP contribution in [0.4, 0.5) is 5.95 Å². The molecule has 0 amide bonds. The van der Waals surface area contributed by atoms with Crippen molar-refractivity contribution in [2.24, 2.45) is 5.92 Å². The molecule has 1 aromatic heterocycles. The molecule has 0 aliphatic carbocycles. The van der Waals surface area contributed by atoms with Crippen LogP contribution in [0, 0.1) is 12.8 Å². The Morgan fingerprint density at radius 3 is 2.79 bits per heavy atom. The molecule has 1 fully saturated rings. The third kappa shape index (κ3) is 4.23. The van der Waals surface area contributed by atoms with Crippen LogP contribution < -0.4 is 5.32 Å². The molecule has 1 N–H and O–H groups in total. The molecule has 0 spiro atoms. The Morgan fingerprint density at radius 2 is 2.11 bits per heavy atom. The Labute approximate surface area is 117 Å². The van der Waals surface area contributed by atoms with Crippen LogP contribution in [0.3, 0.4) is 0 Å². The molecule has 1 aromatic rings. The molecule has 0 bridgehead atoms. The number of imidazole rings is 1. The number of nitrogens with zero attached hydrogens (tertiary/aromatic N) is 3. The van der Waals surface area contributed by atoms with Gasteiger partial charge in [-0.05, 0) is 58.7 Å². The van der Waals surface area contributed by atoms with Gasteiger partial charge in [0, 0.05) is 19.3 Å². The molecule has 2 rings (SSSR count). The van der Waals surface area contributed by atoms with Gasteiger partial charge in [-0.3, -0.25) is 0 Å². The summed E-state index contributed by atoms with van der Waals surface area (Å²) in [5.41, 5.74) is 1.11. The number of hydrogen-bond donors (Lipinski definition) is 1. The standard InChI is InChI=1S/C15H28N4/c1-4-8-16-15-17-13(2)12-19(15)11-7-14-5-9-18(3)10-6-14/h12,14H,4-11H2,1-3H3,(H,16,17). The lowest BCUT2D eigenvalue weighted by Crippen LogP contribution is -2.30. The van der Waals surface area contributed by atoms with E-state index in [-0.39, 0.29) is 0 Å². The monoisotopic (exact) mass is 264 g/mol. The maximum Gasteiger partial charge on any atom is 0.203 e. The van der Waals surface area contributed by atoms with Gasteiger partial charge in [0.15, 0.2) is 0 Å². The highest BCUT2D eigenvalue weighted by atomic mass is 15.2. The molecule has 19 heavy (non-hydrogen) atoms. The van der Waals surface area contributed by atoms with E-state index in [0.717, 1.165) is 37.1 Å². The third-order valence-corrected chi connectivity index (χ3v) is 4.05. The zero-order chi connectivity index (χ0) is 13.7. The van der Waals surface area contributed by atoms with Gasteiger partial charge in [0.1, 0.15) is 0 Å². The summed E-state index contributed by atoms with van der Waals surface area (Å²) in [7, 11) is 2.22. The van der Waals surface area contributed by atoms with E-state index in [1.807, 2.05) is 0 Å². The van der Waals surface area contributed by atoms with Crippen LogP contribution in [-0.2, 0) is 6.54 Å².